The summed E-state index contributed by atoms with van der Waals surface area (Å²) in [7, 11) is 0. The highest BCUT2D eigenvalue weighted by Gasteiger charge is 2.84. The minimum absolute atomic E-state index is 0.0208. The summed E-state index contributed by atoms with van der Waals surface area (Å²) in [5.41, 5.74) is -1.97. The number of alkyl halides is 2. The van der Waals surface area contributed by atoms with Gasteiger partial charge >= 0.3 is 5.97 Å². The minimum Gasteiger partial charge on any atom is -0.454 e. The second-order valence-corrected chi connectivity index (χ2v) is 9.07. The maximum absolute atomic E-state index is 14.5. The number of hydrogen-bond donors (Lipinski definition) is 0. The summed E-state index contributed by atoms with van der Waals surface area (Å²) in [5.74, 6) is -0.714. The molecule has 0 N–H and O–H groups in total. The Bertz CT molecular complexity index is 974. The van der Waals surface area contributed by atoms with Gasteiger partial charge in [0, 0.05) is 5.41 Å². The van der Waals surface area contributed by atoms with E-state index < -0.39 is 32.9 Å². The van der Waals surface area contributed by atoms with Crippen molar-refractivity contribution in [1.82, 2.24) is 0 Å². The molecule has 2 atom stereocenters. The fraction of sp³-hybridized carbons (Fsp3) is 0.364. The third-order valence-corrected chi connectivity index (χ3v) is 6.82. The fourth-order valence-corrected chi connectivity index (χ4v) is 5.15. The third kappa shape index (κ3) is 3.15. The summed E-state index contributed by atoms with van der Waals surface area (Å²) < 4.78 is 24.9. The van der Waals surface area contributed by atoms with E-state index in [1.807, 2.05) is 19.9 Å². The van der Waals surface area contributed by atoms with Gasteiger partial charge in [-0.25, -0.2) is 4.39 Å². The largest absolute Gasteiger partial charge is 0.454 e. The molecule has 0 bridgehead atoms. The summed E-state index contributed by atoms with van der Waals surface area (Å²) in [6.07, 6.45) is 1.67. The van der Waals surface area contributed by atoms with Crippen molar-refractivity contribution < 1.29 is 18.7 Å². The van der Waals surface area contributed by atoms with Gasteiger partial charge in [-0.2, -0.15) is 0 Å². The van der Waals surface area contributed by atoms with Crippen molar-refractivity contribution in [2.75, 3.05) is 0 Å². The molecule has 0 saturated heterocycles. The molecule has 0 aliphatic heterocycles. The number of esters is 1. The maximum Gasteiger partial charge on any atom is 0.329 e. The van der Waals surface area contributed by atoms with Crippen LogP contribution in [0.1, 0.15) is 32.8 Å². The highest BCUT2D eigenvalue weighted by molar-refractivity contribution is 6.44. The van der Waals surface area contributed by atoms with E-state index in [-0.39, 0.29) is 12.2 Å². The average molecular weight is 436 g/mol. The first-order valence-electron chi connectivity index (χ1n) is 9.03. The summed E-state index contributed by atoms with van der Waals surface area (Å²) >= 11 is 12.3. The topological polar surface area (TPSA) is 59.3 Å². The predicted molar refractivity (Wildman–Crippen MR) is 108 cm³/mol. The molecule has 2 unspecified atom stereocenters. The number of hydrogen-bond acceptors (Lipinski definition) is 4. The van der Waals surface area contributed by atoms with Crippen LogP contribution >= 0.6 is 23.2 Å². The Hall–Kier alpha value is -2.29. The molecule has 7 heteroatoms. The maximum atomic E-state index is 14.5. The molecule has 2 aromatic carbocycles. The number of para-hydroxylation sites is 1. The molecule has 0 heterocycles. The summed E-state index contributed by atoms with van der Waals surface area (Å²) in [4.78, 5) is 11.9. The Balaban J connectivity index is 2.11. The van der Waals surface area contributed by atoms with Gasteiger partial charge in [-0.1, -0.05) is 38.1 Å². The molecule has 0 aromatic heterocycles. The van der Waals surface area contributed by atoms with Crippen molar-refractivity contribution in [3.63, 3.8) is 0 Å². The summed E-state index contributed by atoms with van der Waals surface area (Å²) in [6, 6.07) is 13.3. The van der Waals surface area contributed by atoms with Crippen molar-refractivity contribution in [2.45, 2.75) is 37.4 Å². The molecule has 152 valence electrons. The molecule has 2 aromatic rings. The van der Waals surface area contributed by atoms with Gasteiger partial charge in [-0.15, -0.1) is 28.5 Å². The molecule has 0 amide bonds. The van der Waals surface area contributed by atoms with Crippen molar-refractivity contribution in [2.24, 2.45) is 10.8 Å². The SMILES string of the molecule is CC1(C)C(C)(C(=O)OC#N)C1(CC(Cl)Cl)c1ccc(F)c(Oc2ccccc2)c1. The summed E-state index contributed by atoms with van der Waals surface area (Å²) in [5, 5.41) is 8.85. The molecule has 0 radical (unpaired) electrons. The zero-order valence-electron chi connectivity index (χ0n) is 16.2. The molecule has 1 aliphatic carbocycles. The second kappa shape index (κ2) is 7.51. The van der Waals surface area contributed by atoms with Gasteiger partial charge in [-0.05, 0) is 48.6 Å². The number of carbonyl (C=O) groups excluding carboxylic acids is 1. The van der Waals surface area contributed by atoms with Crippen LogP contribution in [0.25, 0.3) is 0 Å². The molecule has 1 fully saturated rings. The van der Waals surface area contributed by atoms with E-state index in [9.17, 15) is 9.18 Å². The van der Waals surface area contributed by atoms with Crippen molar-refractivity contribution in [3.05, 3.63) is 59.9 Å². The van der Waals surface area contributed by atoms with Crippen LogP contribution in [0.15, 0.2) is 48.5 Å². The smallest absolute Gasteiger partial charge is 0.329 e. The molecule has 29 heavy (non-hydrogen) atoms. The van der Waals surface area contributed by atoms with E-state index >= 15 is 0 Å². The first kappa shape index (κ1) is 21.4. The van der Waals surface area contributed by atoms with E-state index in [0.29, 0.717) is 11.3 Å². The Morgan fingerprint density at radius 2 is 1.83 bits per heavy atom. The van der Waals surface area contributed by atoms with Crippen molar-refractivity contribution in [3.8, 4) is 17.8 Å². The standard InChI is InChI=1S/C22H20Cl2FNO3/c1-20(2)21(3,19(27)28-13-26)22(20,12-18(23)24)14-9-10-16(25)17(11-14)29-15-7-5-4-6-8-15/h4-11,18H,12H2,1-3H3. The minimum atomic E-state index is -1.08. The number of ether oxygens (including phenoxy) is 2. The van der Waals surface area contributed by atoms with Gasteiger partial charge in [0.05, 0.1) is 5.41 Å². The Morgan fingerprint density at radius 3 is 2.41 bits per heavy atom. The lowest BCUT2D eigenvalue weighted by atomic mass is 9.83. The van der Waals surface area contributed by atoms with Gasteiger partial charge in [-0.3, -0.25) is 4.79 Å². The van der Waals surface area contributed by atoms with E-state index in [0.717, 1.165) is 0 Å². The molecular formula is C22H20Cl2FNO3. The predicted octanol–water partition coefficient (Wildman–Crippen LogP) is 6.12. The molecule has 1 saturated carbocycles. The van der Waals surface area contributed by atoms with Crippen LogP contribution in [0.5, 0.6) is 11.5 Å². The third-order valence-electron chi connectivity index (χ3n) is 6.51. The lowest BCUT2D eigenvalue weighted by Crippen LogP contribution is -2.27. The zero-order chi connectivity index (χ0) is 21.4. The quantitative estimate of drug-likeness (QED) is 0.311. The van der Waals surface area contributed by atoms with Gasteiger partial charge in [0.2, 0.25) is 0 Å². The van der Waals surface area contributed by atoms with Crippen LogP contribution < -0.4 is 4.74 Å². The van der Waals surface area contributed by atoms with Crippen LogP contribution in [0, 0.1) is 28.2 Å². The molecular weight excluding hydrogens is 416 g/mol. The lowest BCUT2D eigenvalue weighted by molar-refractivity contribution is -0.144. The monoisotopic (exact) mass is 435 g/mol. The number of nitriles is 1. The van der Waals surface area contributed by atoms with Gasteiger partial charge in [0.1, 0.15) is 10.6 Å². The molecule has 3 rings (SSSR count). The van der Waals surface area contributed by atoms with Crippen LogP contribution in [0.3, 0.4) is 0 Å². The van der Waals surface area contributed by atoms with Crippen molar-refractivity contribution in [1.29, 1.82) is 5.26 Å². The Kier molecular flexibility index (Phi) is 5.55. The van der Waals surface area contributed by atoms with E-state index in [1.54, 1.807) is 43.3 Å². The number of rotatable bonds is 6. The highest BCUT2D eigenvalue weighted by atomic mass is 35.5. The zero-order valence-corrected chi connectivity index (χ0v) is 17.7. The average Bonchev–Trinajstić information content (AvgIpc) is 3.06. The number of carbonyl (C=O) groups is 1. The normalized spacial score (nSPS) is 24.6. The number of halogens is 3. The highest BCUT2D eigenvalue weighted by Crippen LogP contribution is 2.80. The second-order valence-electron chi connectivity index (χ2n) is 7.79. The lowest BCUT2D eigenvalue weighted by Gasteiger charge is -2.24. The number of nitrogens with zero attached hydrogens (tertiary/aromatic N) is 1. The van der Waals surface area contributed by atoms with E-state index in [1.165, 1.54) is 12.3 Å². The summed E-state index contributed by atoms with van der Waals surface area (Å²) in [6.45, 7) is 5.47. The van der Waals surface area contributed by atoms with Crippen LogP contribution in [-0.4, -0.2) is 10.8 Å². The molecule has 1 aliphatic rings. The van der Waals surface area contributed by atoms with Crippen LogP contribution in [0.4, 0.5) is 4.39 Å². The molecule has 0 spiro atoms. The van der Waals surface area contributed by atoms with Crippen LogP contribution in [-0.2, 0) is 14.9 Å². The molecule has 4 nitrogen and oxygen atoms in total. The van der Waals surface area contributed by atoms with Gasteiger partial charge in [0.15, 0.2) is 11.6 Å². The number of benzene rings is 2. The van der Waals surface area contributed by atoms with Gasteiger partial charge < -0.3 is 9.47 Å². The Labute approximate surface area is 179 Å². The van der Waals surface area contributed by atoms with Crippen molar-refractivity contribution >= 4 is 29.2 Å². The first-order chi connectivity index (χ1) is 13.6. The van der Waals surface area contributed by atoms with E-state index in [2.05, 4.69) is 4.74 Å². The van der Waals surface area contributed by atoms with E-state index in [4.69, 9.17) is 33.2 Å². The fourth-order valence-electron chi connectivity index (χ4n) is 4.69. The van der Waals surface area contributed by atoms with Crippen LogP contribution in [0.2, 0.25) is 0 Å². The van der Waals surface area contributed by atoms with Gasteiger partial charge in [0.25, 0.3) is 6.26 Å². The Morgan fingerprint density at radius 1 is 1.17 bits per heavy atom. The first-order valence-corrected chi connectivity index (χ1v) is 9.90.